The Hall–Kier alpha value is -2.40. The van der Waals surface area contributed by atoms with Gasteiger partial charge in [0.1, 0.15) is 17.2 Å². The molecule has 3 rings (SSSR count). The lowest BCUT2D eigenvalue weighted by Gasteiger charge is -2.39. The van der Waals surface area contributed by atoms with Crippen LogP contribution < -0.4 is 10.5 Å². The van der Waals surface area contributed by atoms with Crippen molar-refractivity contribution >= 4 is 5.91 Å². The molecule has 5 nitrogen and oxygen atoms in total. The van der Waals surface area contributed by atoms with E-state index in [-0.39, 0.29) is 11.9 Å². The summed E-state index contributed by atoms with van der Waals surface area (Å²) in [4.78, 5) is 19.0. The molecular weight excluding hydrogens is 302 g/mol. The van der Waals surface area contributed by atoms with Crippen LogP contribution in [-0.4, -0.2) is 34.9 Å². The first-order valence-corrected chi connectivity index (χ1v) is 8.39. The predicted octanol–water partition coefficient (Wildman–Crippen LogP) is 3.07. The van der Waals surface area contributed by atoms with Crippen LogP contribution in [0.4, 0.5) is 0 Å². The second-order valence-corrected chi connectivity index (χ2v) is 6.21. The number of nitrogens with two attached hydrogens (primary N) is 1. The van der Waals surface area contributed by atoms with E-state index in [2.05, 4.69) is 11.9 Å². The number of benzene rings is 1. The van der Waals surface area contributed by atoms with Crippen LogP contribution in [0.1, 0.15) is 30.3 Å². The number of amides is 1. The molecule has 1 aromatic heterocycles. The van der Waals surface area contributed by atoms with Crippen molar-refractivity contribution in [3.8, 4) is 11.5 Å². The smallest absolute Gasteiger partial charge is 0.272 e. The van der Waals surface area contributed by atoms with Crippen LogP contribution in [-0.2, 0) is 0 Å². The number of carbonyl (C=O) groups excluding carboxylic acids is 1. The standard InChI is InChI=1S/C19H23N3O2/c1-14-6-5-11-22(18(14)13-20)19(23)17-12-16(9-10-21-17)24-15-7-3-2-4-8-15/h2-4,7-10,12,14,18H,5-6,11,13,20H2,1H3/t14-,18+/m1/s1. The molecule has 1 aromatic carbocycles. The van der Waals surface area contributed by atoms with Gasteiger partial charge in [0.25, 0.3) is 5.91 Å². The minimum absolute atomic E-state index is 0.0736. The second-order valence-electron chi connectivity index (χ2n) is 6.21. The zero-order chi connectivity index (χ0) is 16.9. The van der Waals surface area contributed by atoms with Crippen molar-refractivity contribution in [2.45, 2.75) is 25.8 Å². The number of para-hydroxylation sites is 1. The molecule has 5 heteroatoms. The number of hydrogen-bond acceptors (Lipinski definition) is 4. The lowest BCUT2D eigenvalue weighted by molar-refractivity contribution is 0.0526. The summed E-state index contributed by atoms with van der Waals surface area (Å²) in [5.74, 6) is 1.68. The maximum absolute atomic E-state index is 12.9. The summed E-state index contributed by atoms with van der Waals surface area (Å²) in [5, 5.41) is 0. The minimum Gasteiger partial charge on any atom is -0.457 e. The van der Waals surface area contributed by atoms with Crippen LogP contribution in [0.15, 0.2) is 48.7 Å². The fourth-order valence-electron chi connectivity index (χ4n) is 3.22. The van der Waals surface area contributed by atoms with E-state index in [0.29, 0.717) is 23.9 Å². The van der Waals surface area contributed by atoms with Gasteiger partial charge in [-0.05, 0) is 37.0 Å². The number of hydrogen-bond donors (Lipinski definition) is 1. The third-order valence-corrected chi connectivity index (χ3v) is 4.55. The largest absolute Gasteiger partial charge is 0.457 e. The molecule has 126 valence electrons. The van der Waals surface area contributed by atoms with E-state index in [1.807, 2.05) is 35.2 Å². The summed E-state index contributed by atoms with van der Waals surface area (Å²) in [6.07, 6.45) is 3.72. The number of aromatic nitrogens is 1. The number of nitrogens with zero attached hydrogens (tertiary/aromatic N) is 2. The number of piperidine rings is 1. The molecule has 1 amide bonds. The van der Waals surface area contributed by atoms with E-state index in [4.69, 9.17) is 10.5 Å². The van der Waals surface area contributed by atoms with Crippen LogP contribution >= 0.6 is 0 Å². The Labute approximate surface area is 142 Å². The van der Waals surface area contributed by atoms with Crippen LogP contribution in [0.2, 0.25) is 0 Å². The maximum Gasteiger partial charge on any atom is 0.272 e. The highest BCUT2D eigenvalue weighted by atomic mass is 16.5. The molecule has 1 aliphatic rings. The highest BCUT2D eigenvalue weighted by Crippen LogP contribution is 2.26. The van der Waals surface area contributed by atoms with Gasteiger partial charge in [-0.15, -0.1) is 0 Å². The van der Waals surface area contributed by atoms with Gasteiger partial charge in [-0.25, -0.2) is 0 Å². The van der Waals surface area contributed by atoms with Crippen LogP contribution in [0.5, 0.6) is 11.5 Å². The molecule has 24 heavy (non-hydrogen) atoms. The third kappa shape index (κ3) is 3.57. The molecule has 1 aliphatic heterocycles. The number of pyridine rings is 1. The Balaban J connectivity index is 1.79. The summed E-state index contributed by atoms with van der Waals surface area (Å²) in [6.45, 7) is 3.36. The molecule has 0 saturated carbocycles. The lowest BCUT2D eigenvalue weighted by atomic mass is 9.90. The first-order chi connectivity index (χ1) is 11.7. The minimum atomic E-state index is -0.0736. The Morgan fingerprint density at radius 1 is 1.29 bits per heavy atom. The number of rotatable bonds is 4. The van der Waals surface area contributed by atoms with E-state index in [0.717, 1.165) is 25.1 Å². The van der Waals surface area contributed by atoms with Crippen molar-refractivity contribution in [3.63, 3.8) is 0 Å². The maximum atomic E-state index is 12.9. The van der Waals surface area contributed by atoms with E-state index >= 15 is 0 Å². The van der Waals surface area contributed by atoms with Gasteiger partial charge in [0.2, 0.25) is 0 Å². The second kappa shape index (κ2) is 7.45. The van der Waals surface area contributed by atoms with Crippen molar-refractivity contribution in [2.24, 2.45) is 11.7 Å². The third-order valence-electron chi connectivity index (χ3n) is 4.55. The zero-order valence-electron chi connectivity index (χ0n) is 13.9. The molecule has 1 saturated heterocycles. The first-order valence-electron chi connectivity index (χ1n) is 8.39. The number of likely N-dealkylation sites (tertiary alicyclic amines) is 1. The van der Waals surface area contributed by atoms with E-state index in [9.17, 15) is 4.79 Å². The summed E-state index contributed by atoms with van der Waals surface area (Å²) in [6, 6.07) is 13.0. The Morgan fingerprint density at radius 3 is 2.83 bits per heavy atom. The van der Waals surface area contributed by atoms with Crippen molar-refractivity contribution < 1.29 is 9.53 Å². The lowest BCUT2D eigenvalue weighted by Crippen LogP contribution is -2.51. The summed E-state index contributed by atoms with van der Waals surface area (Å²) in [5.41, 5.74) is 6.29. The highest BCUT2D eigenvalue weighted by Gasteiger charge is 2.31. The Morgan fingerprint density at radius 2 is 2.08 bits per heavy atom. The van der Waals surface area contributed by atoms with Gasteiger partial charge in [-0.2, -0.15) is 0 Å². The highest BCUT2D eigenvalue weighted by molar-refractivity contribution is 5.93. The van der Waals surface area contributed by atoms with E-state index < -0.39 is 0 Å². The van der Waals surface area contributed by atoms with Crippen molar-refractivity contribution in [3.05, 3.63) is 54.4 Å². The average molecular weight is 325 g/mol. The molecule has 2 atom stereocenters. The van der Waals surface area contributed by atoms with Gasteiger partial charge in [-0.3, -0.25) is 9.78 Å². The molecule has 2 N–H and O–H groups in total. The normalized spacial score (nSPS) is 20.7. The van der Waals surface area contributed by atoms with Crippen LogP contribution in [0.25, 0.3) is 0 Å². The number of ether oxygens (including phenoxy) is 1. The molecule has 0 aliphatic carbocycles. The fourth-order valence-corrected chi connectivity index (χ4v) is 3.22. The fraction of sp³-hybridized carbons (Fsp3) is 0.368. The number of carbonyl (C=O) groups is 1. The predicted molar refractivity (Wildman–Crippen MR) is 93.0 cm³/mol. The topological polar surface area (TPSA) is 68.5 Å². The van der Waals surface area contributed by atoms with Crippen LogP contribution in [0, 0.1) is 5.92 Å². The summed E-state index contributed by atoms with van der Waals surface area (Å²) in [7, 11) is 0. The summed E-state index contributed by atoms with van der Waals surface area (Å²) >= 11 is 0. The quantitative estimate of drug-likeness (QED) is 0.938. The van der Waals surface area contributed by atoms with Gasteiger partial charge in [0, 0.05) is 31.4 Å². The molecule has 0 spiro atoms. The molecular formula is C19H23N3O2. The van der Waals surface area contributed by atoms with Gasteiger partial charge < -0.3 is 15.4 Å². The Kier molecular flexibility index (Phi) is 5.11. The SMILES string of the molecule is C[C@@H]1CCCN(C(=O)c2cc(Oc3ccccc3)ccn2)[C@H]1CN. The van der Waals surface area contributed by atoms with Gasteiger partial charge in [0.05, 0.1) is 0 Å². The van der Waals surface area contributed by atoms with Crippen LogP contribution in [0.3, 0.4) is 0 Å². The van der Waals surface area contributed by atoms with Gasteiger partial charge >= 0.3 is 0 Å². The first kappa shape index (κ1) is 16.5. The molecule has 0 bridgehead atoms. The van der Waals surface area contributed by atoms with Crippen molar-refractivity contribution in [1.82, 2.24) is 9.88 Å². The molecule has 0 radical (unpaired) electrons. The molecule has 2 aromatic rings. The molecule has 1 fully saturated rings. The average Bonchev–Trinajstić information content (AvgIpc) is 2.62. The van der Waals surface area contributed by atoms with E-state index in [1.54, 1.807) is 18.3 Å². The molecule has 2 heterocycles. The zero-order valence-corrected chi connectivity index (χ0v) is 13.9. The summed E-state index contributed by atoms with van der Waals surface area (Å²) < 4.78 is 5.80. The van der Waals surface area contributed by atoms with Crippen molar-refractivity contribution in [1.29, 1.82) is 0 Å². The van der Waals surface area contributed by atoms with E-state index in [1.165, 1.54) is 0 Å². The van der Waals surface area contributed by atoms with Gasteiger partial charge in [-0.1, -0.05) is 25.1 Å². The monoisotopic (exact) mass is 325 g/mol. The Bertz CT molecular complexity index is 690. The van der Waals surface area contributed by atoms with Crippen molar-refractivity contribution in [2.75, 3.05) is 13.1 Å². The van der Waals surface area contributed by atoms with Gasteiger partial charge in [0.15, 0.2) is 0 Å². The molecule has 0 unspecified atom stereocenters.